The van der Waals surface area contributed by atoms with Crippen LogP contribution in [0, 0.1) is 5.92 Å². The van der Waals surface area contributed by atoms with Gasteiger partial charge in [-0.15, -0.1) is 12.4 Å². The first-order chi connectivity index (χ1) is 10.8. The summed E-state index contributed by atoms with van der Waals surface area (Å²) < 4.78 is 0. The van der Waals surface area contributed by atoms with Crippen molar-refractivity contribution >= 4 is 18.3 Å². The molecular weight excluding hydrogens is 308 g/mol. The lowest BCUT2D eigenvalue weighted by molar-refractivity contribution is -0.132. The molecule has 4 heteroatoms. The molecule has 0 radical (unpaired) electrons. The van der Waals surface area contributed by atoms with E-state index in [1.807, 2.05) is 0 Å². The Hall–Kier alpha value is -1.06. The van der Waals surface area contributed by atoms with Crippen molar-refractivity contribution in [1.29, 1.82) is 0 Å². The van der Waals surface area contributed by atoms with Gasteiger partial charge in [0.15, 0.2) is 0 Å². The Morgan fingerprint density at radius 1 is 1.17 bits per heavy atom. The summed E-state index contributed by atoms with van der Waals surface area (Å²) in [7, 11) is 0. The van der Waals surface area contributed by atoms with Gasteiger partial charge in [0.25, 0.3) is 0 Å². The quantitative estimate of drug-likeness (QED) is 0.825. The molecule has 23 heavy (non-hydrogen) atoms. The van der Waals surface area contributed by atoms with E-state index in [2.05, 4.69) is 41.4 Å². The highest BCUT2D eigenvalue weighted by atomic mass is 35.5. The maximum Gasteiger partial charge on any atom is 0.223 e. The molecule has 1 aliphatic heterocycles. The first kappa shape index (κ1) is 18.3. The predicted molar refractivity (Wildman–Crippen MR) is 96.9 cm³/mol. The SMILES string of the molecule is CCc1ccc(CN(C(=O)CCC2CCNC2)C2CC2)cc1.Cl. The van der Waals surface area contributed by atoms with Crippen LogP contribution in [0.15, 0.2) is 24.3 Å². The van der Waals surface area contributed by atoms with E-state index in [4.69, 9.17) is 0 Å². The van der Waals surface area contributed by atoms with E-state index in [9.17, 15) is 4.79 Å². The van der Waals surface area contributed by atoms with Crippen molar-refractivity contribution in [2.45, 2.75) is 58.0 Å². The minimum Gasteiger partial charge on any atom is -0.335 e. The molecule has 1 atom stereocenters. The Balaban J connectivity index is 0.00000192. The van der Waals surface area contributed by atoms with Gasteiger partial charge in [-0.25, -0.2) is 0 Å². The molecule has 1 aromatic rings. The number of nitrogens with zero attached hydrogens (tertiary/aromatic N) is 1. The number of halogens is 1. The van der Waals surface area contributed by atoms with Crippen LogP contribution in [0.5, 0.6) is 0 Å². The number of amides is 1. The zero-order chi connectivity index (χ0) is 15.4. The molecule has 0 bridgehead atoms. The molecule has 1 saturated heterocycles. The summed E-state index contributed by atoms with van der Waals surface area (Å²) in [4.78, 5) is 14.7. The van der Waals surface area contributed by atoms with Gasteiger partial charge in [0.05, 0.1) is 0 Å². The summed E-state index contributed by atoms with van der Waals surface area (Å²) in [6, 6.07) is 9.25. The lowest BCUT2D eigenvalue weighted by Crippen LogP contribution is -2.32. The van der Waals surface area contributed by atoms with E-state index >= 15 is 0 Å². The van der Waals surface area contributed by atoms with E-state index in [1.165, 1.54) is 30.4 Å². The number of carbonyl (C=O) groups is 1. The second kappa shape index (κ2) is 8.70. The number of nitrogens with one attached hydrogen (secondary N) is 1. The first-order valence-corrected chi connectivity index (χ1v) is 8.84. The third kappa shape index (κ3) is 5.22. The van der Waals surface area contributed by atoms with Crippen molar-refractivity contribution in [2.75, 3.05) is 13.1 Å². The second-order valence-corrected chi connectivity index (χ2v) is 6.82. The average molecular weight is 337 g/mol. The van der Waals surface area contributed by atoms with E-state index in [0.29, 0.717) is 17.9 Å². The fourth-order valence-electron chi connectivity index (χ4n) is 3.32. The summed E-state index contributed by atoms with van der Waals surface area (Å²) in [6.07, 6.45) is 6.43. The van der Waals surface area contributed by atoms with Gasteiger partial charge in [-0.05, 0) is 62.2 Å². The van der Waals surface area contributed by atoms with Crippen LogP contribution >= 0.6 is 12.4 Å². The molecule has 3 rings (SSSR count). The number of rotatable bonds is 7. The standard InChI is InChI=1S/C19H28N2O.ClH/c1-2-15-3-5-17(6-4-15)14-21(18-8-9-18)19(22)10-7-16-11-12-20-13-16;/h3-6,16,18,20H,2,7-14H2,1H3;1H. The molecule has 2 fully saturated rings. The normalized spacial score (nSPS) is 20.1. The maximum absolute atomic E-state index is 12.6. The summed E-state index contributed by atoms with van der Waals surface area (Å²) in [5.74, 6) is 1.06. The van der Waals surface area contributed by atoms with Crippen LogP contribution in [0.1, 0.15) is 50.2 Å². The van der Waals surface area contributed by atoms with E-state index in [0.717, 1.165) is 38.9 Å². The summed E-state index contributed by atoms with van der Waals surface area (Å²) in [5.41, 5.74) is 2.63. The molecule has 1 unspecified atom stereocenters. The Kier molecular flexibility index (Phi) is 6.91. The van der Waals surface area contributed by atoms with Gasteiger partial charge >= 0.3 is 0 Å². The Morgan fingerprint density at radius 2 is 1.87 bits per heavy atom. The fraction of sp³-hybridized carbons (Fsp3) is 0.632. The fourth-order valence-corrected chi connectivity index (χ4v) is 3.32. The molecule has 1 saturated carbocycles. The summed E-state index contributed by atoms with van der Waals surface area (Å²) >= 11 is 0. The van der Waals surface area contributed by atoms with E-state index in [1.54, 1.807) is 0 Å². The van der Waals surface area contributed by atoms with Gasteiger partial charge in [0, 0.05) is 19.0 Å². The molecule has 1 aromatic carbocycles. The van der Waals surface area contributed by atoms with Crippen LogP contribution in [0.2, 0.25) is 0 Å². The number of benzene rings is 1. The zero-order valence-electron chi connectivity index (χ0n) is 14.1. The number of carbonyl (C=O) groups excluding carboxylic acids is 1. The highest BCUT2D eigenvalue weighted by Gasteiger charge is 2.32. The molecule has 1 heterocycles. The lowest BCUT2D eigenvalue weighted by Gasteiger charge is -2.23. The van der Waals surface area contributed by atoms with Crippen molar-refractivity contribution in [1.82, 2.24) is 10.2 Å². The molecule has 0 spiro atoms. The van der Waals surface area contributed by atoms with E-state index in [-0.39, 0.29) is 12.4 Å². The van der Waals surface area contributed by atoms with Gasteiger partial charge in [-0.1, -0.05) is 31.2 Å². The molecule has 1 aliphatic carbocycles. The summed E-state index contributed by atoms with van der Waals surface area (Å²) in [5, 5.41) is 3.39. The second-order valence-electron chi connectivity index (χ2n) is 6.82. The monoisotopic (exact) mass is 336 g/mol. The van der Waals surface area contributed by atoms with Crippen LogP contribution in [0.4, 0.5) is 0 Å². The molecule has 2 aliphatic rings. The number of hydrogen-bond donors (Lipinski definition) is 1. The van der Waals surface area contributed by atoms with Crippen molar-refractivity contribution in [2.24, 2.45) is 5.92 Å². The molecule has 0 aromatic heterocycles. The smallest absolute Gasteiger partial charge is 0.223 e. The highest BCUT2D eigenvalue weighted by Crippen LogP contribution is 2.29. The average Bonchev–Trinajstić information content (AvgIpc) is 3.26. The van der Waals surface area contributed by atoms with Crippen molar-refractivity contribution in [3.63, 3.8) is 0 Å². The zero-order valence-corrected chi connectivity index (χ0v) is 14.9. The molecular formula is C19H29ClN2O. The van der Waals surface area contributed by atoms with Crippen LogP contribution in [0.25, 0.3) is 0 Å². The number of hydrogen-bond acceptors (Lipinski definition) is 2. The largest absolute Gasteiger partial charge is 0.335 e. The van der Waals surface area contributed by atoms with Gasteiger partial charge in [-0.3, -0.25) is 4.79 Å². The third-order valence-corrected chi connectivity index (χ3v) is 5.02. The predicted octanol–water partition coefficient (Wildman–Crippen LogP) is 3.55. The van der Waals surface area contributed by atoms with Crippen LogP contribution in [-0.2, 0) is 17.8 Å². The third-order valence-electron chi connectivity index (χ3n) is 5.02. The maximum atomic E-state index is 12.6. The minimum atomic E-state index is 0. The van der Waals surface area contributed by atoms with E-state index < -0.39 is 0 Å². The summed E-state index contributed by atoms with van der Waals surface area (Å²) in [6.45, 7) is 5.17. The Morgan fingerprint density at radius 3 is 2.43 bits per heavy atom. The van der Waals surface area contributed by atoms with Gasteiger partial charge in [-0.2, -0.15) is 0 Å². The molecule has 1 amide bonds. The topological polar surface area (TPSA) is 32.3 Å². The Bertz CT molecular complexity index is 493. The first-order valence-electron chi connectivity index (χ1n) is 8.84. The van der Waals surface area contributed by atoms with Crippen LogP contribution in [-0.4, -0.2) is 29.9 Å². The van der Waals surface area contributed by atoms with Crippen molar-refractivity contribution < 1.29 is 4.79 Å². The number of aryl methyl sites for hydroxylation is 1. The lowest BCUT2D eigenvalue weighted by atomic mass is 10.0. The van der Waals surface area contributed by atoms with Crippen molar-refractivity contribution in [3.8, 4) is 0 Å². The Labute approximate surface area is 146 Å². The minimum absolute atomic E-state index is 0. The van der Waals surface area contributed by atoms with Crippen LogP contribution in [0.3, 0.4) is 0 Å². The van der Waals surface area contributed by atoms with Gasteiger partial charge in [0.1, 0.15) is 0 Å². The molecule has 3 nitrogen and oxygen atoms in total. The highest BCUT2D eigenvalue weighted by molar-refractivity contribution is 5.85. The van der Waals surface area contributed by atoms with Gasteiger partial charge in [0.2, 0.25) is 5.91 Å². The molecule has 128 valence electrons. The van der Waals surface area contributed by atoms with Crippen molar-refractivity contribution in [3.05, 3.63) is 35.4 Å². The van der Waals surface area contributed by atoms with Crippen LogP contribution < -0.4 is 5.32 Å². The van der Waals surface area contributed by atoms with Gasteiger partial charge < -0.3 is 10.2 Å². The molecule has 1 N–H and O–H groups in total.